The molecule has 2 aromatic rings. The van der Waals surface area contributed by atoms with Gasteiger partial charge in [0.15, 0.2) is 11.8 Å². The van der Waals surface area contributed by atoms with Crippen LogP contribution in [-0.4, -0.2) is 71.5 Å². The minimum atomic E-state index is 0. The number of halogens is 1. The van der Waals surface area contributed by atoms with Crippen molar-refractivity contribution >= 4 is 41.7 Å². The Bertz CT molecular complexity index is 769. The normalized spacial score (nSPS) is 11.0. The number of aromatic nitrogens is 3. The number of rotatable bonds is 11. The van der Waals surface area contributed by atoms with Gasteiger partial charge in [0.05, 0.1) is 13.7 Å². The summed E-state index contributed by atoms with van der Waals surface area (Å²) in [6.07, 6.45) is 3.20. The molecule has 0 atom stereocenters. The van der Waals surface area contributed by atoms with E-state index in [4.69, 9.17) is 14.5 Å². The lowest BCUT2D eigenvalue weighted by Crippen LogP contribution is -2.41. The van der Waals surface area contributed by atoms with Gasteiger partial charge < -0.3 is 24.3 Å². The molecule has 0 aliphatic carbocycles. The van der Waals surface area contributed by atoms with Crippen molar-refractivity contribution in [3.05, 3.63) is 35.9 Å². The highest BCUT2D eigenvalue weighted by atomic mass is 127. The first kappa shape index (κ1) is 26.3. The number of aryl methyl sites for hydroxylation is 1. The summed E-state index contributed by atoms with van der Waals surface area (Å²) in [5.74, 6) is 5.31. The Hall–Kier alpha value is -1.69. The van der Waals surface area contributed by atoms with Crippen LogP contribution in [0.25, 0.3) is 0 Å². The fourth-order valence-electron chi connectivity index (χ4n) is 2.54. The SMILES string of the molecule is COc1ccc(OCCN(C)C(=NCc2nnc(C)n2C)NCCCSC)cc1.I. The third-order valence-electron chi connectivity index (χ3n) is 4.48. The average Bonchev–Trinajstić information content (AvgIpc) is 3.05. The van der Waals surface area contributed by atoms with Crippen LogP contribution >= 0.6 is 35.7 Å². The lowest BCUT2D eigenvalue weighted by atomic mass is 10.3. The van der Waals surface area contributed by atoms with E-state index in [1.165, 1.54) is 0 Å². The number of ether oxygens (including phenoxy) is 2. The number of benzene rings is 1. The summed E-state index contributed by atoms with van der Waals surface area (Å²) in [7, 11) is 5.62. The fraction of sp³-hybridized carbons (Fsp3) is 0.550. The van der Waals surface area contributed by atoms with E-state index in [-0.39, 0.29) is 24.0 Å². The summed E-state index contributed by atoms with van der Waals surface area (Å²) in [5, 5.41) is 11.7. The third-order valence-corrected chi connectivity index (χ3v) is 5.17. The Morgan fingerprint density at radius 1 is 1.23 bits per heavy atom. The molecule has 10 heteroatoms. The molecule has 168 valence electrons. The van der Waals surface area contributed by atoms with Crippen molar-refractivity contribution in [3.8, 4) is 11.5 Å². The zero-order chi connectivity index (χ0) is 21.1. The van der Waals surface area contributed by atoms with Crippen LogP contribution in [-0.2, 0) is 13.6 Å². The molecule has 30 heavy (non-hydrogen) atoms. The minimum absolute atomic E-state index is 0. The number of thioether (sulfide) groups is 1. The quantitative estimate of drug-likeness (QED) is 0.200. The van der Waals surface area contributed by atoms with Crippen molar-refractivity contribution in [3.63, 3.8) is 0 Å². The molecule has 0 fully saturated rings. The second-order valence-electron chi connectivity index (χ2n) is 6.58. The van der Waals surface area contributed by atoms with Gasteiger partial charge in [-0.15, -0.1) is 34.2 Å². The predicted molar refractivity (Wildman–Crippen MR) is 134 cm³/mol. The van der Waals surface area contributed by atoms with Gasteiger partial charge in [-0.3, -0.25) is 0 Å². The molecule has 0 unspecified atom stereocenters. The Morgan fingerprint density at radius 3 is 2.53 bits per heavy atom. The van der Waals surface area contributed by atoms with Gasteiger partial charge in [-0.05, 0) is 49.6 Å². The predicted octanol–water partition coefficient (Wildman–Crippen LogP) is 2.96. The van der Waals surface area contributed by atoms with Gasteiger partial charge in [-0.2, -0.15) is 11.8 Å². The highest BCUT2D eigenvalue weighted by molar-refractivity contribution is 14.0. The third kappa shape index (κ3) is 8.58. The molecule has 1 N–H and O–H groups in total. The molecule has 2 rings (SSSR count). The van der Waals surface area contributed by atoms with Crippen LogP contribution in [0.3, 0.4) is 0 Å². The van der Waals surface area contributed by atoms with Crippen LogP contribution in [0.5, 0.6) is 11.5 Å². The molecule has 0 radical (unpaired) electrons. The van der Waals surface area contributed by atoms with E-state index >= 15 is 0 Å². The van der Waals surface area contributed by atoms with Crippen molar-refractivity contribution < 1.29 is 9.47 Å². The topological polar surface area (TPSA) is 76.8 Å². The van der Waals surface area contributed by atoms with Gasteiger partial charge in [0.1, 0.15) is 30.5 Å². The number of aliphatic imine (C=N–C) groups is 1. The van der Waals surface area contributed by atoms with Crippen molar-refractivity contribution in [1.82, 2.24) is 25.0 Å². The number of hydrogen-bond donors (Lipinski definition) is 1. The van der Waals surface area contributed by atoms with E-state index in [1.54, 1.807) is 7.11 Å². The smallest absolute Gasteiger partial charge is 0.194 e. The Kier molecular flexibility index (Phi) is 12.6. The first-order chi connectivity index (χ1) is 14.0. The number of nitrogens with one attached hydrogen (secondary N) is 1. The second kappa shape index (κ2) is 14.3. The molecule has 0 saturated carbocycles. The molecule has 1 heterocycles. The summed E-state index contributed by atoms with van der Waals surface area (Å²) in [6.45, 7) is 4.55. The molecule has 8 nitrogen and oxygen atoms in total. The van der Waals surface area contributed by atoms with E-state index in [0.717, 1.165) is 47.8 Å². The van der Waals surface area contributed by atoms with Crippen molar-refractivity contribution in [2.75, 3.05) is 45.9 Å². The van der Waals surface area contributed by atoms with Crippen LogP contribution in [0.15, 0.2) is 29.3 Å². The Balaban J connectivity index is 0.00000450. The highest BCUT2D eigenvalue weighted by Gasteiger charge is 2.09. The van der Waals surface area contributed by atoms with Crippen LogP contribution < -0.4 is 14.8 Å². The van der Waals surface area contributed by atoms with Crippen LogP contribution in [0.4, 0.5) is 0 Å². The number of methoxy groups -OCH3 is 1. The van der Waals surface area contributed by atoms with E-state index in [0.29, 0.717) is 19.7 Å². The fourth-order valence-corrected chi connectivity index (χ4v) is 2.97. The number of nitrogens with zero attached hydrogens (tertiary/aromatic N) is 5. The summed E-state index contributed by atoms with van der Waals surface area (Å²) < 4.78 is 13.0. The maximum atomic E-state index is 5.84. The summed E-state index contributed by atoms with van der Waals surface area (Å²) in [4.78, 5) is 6.82. The highest BCUT2D eigenvalue weighted by Crippen LogP contribution is 2.16. The van der Waals surface area contributed by atoms with E-state index < -0.39 is 0 Å². The molecule has 0 saturated heterocycles. The Labute approximate surface area is 200 Å². The van der Waals surface area contributed by atoms with Crippen molar-refractivity contribution in [2.45, 2.75) is 19.9 Å². The summed E-state index contributed by atoms with van der Waals surface area (Å²) in [6, 6.07) is 7.60. The molecule has 0 aliphatic heterocycles. The maximum absolute atomic E-state index is 5.84. The van der Waals surface area contributed by atoms with Gasteiger partial charge in [-0.1, -0.05) is 0 Å². The lowest BCUT2D eigenvalue weighted by molar-refractivity contribution is 0.280. The van der Waals surface area contributed by atoms with Gasteiger partial charge >= 0.3 is 0 Å². The van der Waals surface area contributed by atoms with Crippen molar-refractivity contribution in [2.24, 2.45) is 12.0 Å². The molecular weight excluding hydrogens is 515 g/mol. The van der Waals surface area contributed by atoms with Crippen molar-refractivity contribution in [1.29, 1.82) is 0 Å². The molecule has 0 amide bonds. The molecule has 0 aliphatic rings. The Morgan fingerprint density at radius 2 is 1.93 bits per heavy atom. The molecule has 1 aromatic carbocycles. The second-order valence-corrected chi connectivity index (χ2v) is 7.57. The minimum Gasteiger partial charge on any atom is -0.497 e. The van der Waals surface area contributed by atoms with Gasteiger partial charge in [-0.25, -0.2) is 4.99 Å². The number of guanidine groups is 1. The maximum Gasteiger partial charge on any atom is 0.194 e. The zero-order valence-corrected chi connectivity index (χ0v) is 21.6. The summed E-state index contributed by atoms with van der Waals surface area (Å²) >= 11 is 1.85. The zero-order valence-electron chi connectivity index (χ0n) is 18.4. The van der Waals surface area contributed by atoms with Crippen LogP contribution in [0, 0.1) is 6.92 Å². The van der Waals surface area contributed by atoms with Gasteiger partial charge in [0.2, 0.25) is 0 Å². The first-order valence-corrected chi connectivity index (χ1v) is 11.0. The van der Waals surface area contributed by atoms with E-state index in [1.807, 2.05) is 61.6 Å². The standard InChI is InChI=1S/C20H32N6O2S.HI/c1-16-23-24-19(26(16)3)15-22-20(21-11-6-14-29-5)25(2)12-13-28-18-9-7-17(27-4)8-10-18;/h7-10H,6,11-15H2,1-5H3,(H,21,22);1H. The lowest BCUT2D eigenvalue weighted by Gasteiger charge is -2.22. The average molecular weight is 548 g/mol. The monoisotopic (exact) mass is 548 g/mol. The van der Waals surface area contributed by atoms with Gasteiger partial charge in [0.25, 0.3) is 0 Å². The molecule has 0 bridgehead atoms. The molecular formula is C20H33IN6O2S. The molecule has 0 spiro atoms. The van der Waals surface area contributed by atoms with Crippen LogP contribution in [0.1, 0.15) is 18.1 Å². The first-order valence-electron chi connectivity index (χ1n) is 9.65. The largest absolute Gasteiger partial charge is 0.497 e. The number of likely N-dealkylation sites (N-methyl/N-ethyl adjacent to an activating group) is 1. The number of hydrogen-bond acceptors (Lipinski definition) is 6. The van der Waals surface area contributed by atoms with Gasteiger partial charge in [0, 0.05) is 20.6 Å². The summed E-state index contributed by atoms with van der Waals surface area (Å²) in [5.41, 5.74) is 0. The van der Waals surface area contributed by atoms with E-state index in [9.17, 15) is 0 Å². The van der Waals surface area contributed by atoms with Crippen LogP contribution in [0.2, 0.25) is 0 Å². The van der Waals surface area contributed by atoms with E-state index in [2.05, 4.69) is 26.7 Å². The molecule has 1 aromatic heterocycles.